The Labute approximate surface area is 184 Å². The first kappa shape index (κ1) is 22.6. The van der Waals surface area contributed by atoms with Crippen LogP contribution in [0, 0.1) is 0 Å². The number of sulfonamides is 1. The molecule has 4 rings (SSSR count). The summed E-state index contributed by atoms with van der Waals surface area (Å²) in [5.41, 5.74) is 2.07. The van der Waals surface area contributed by atoms with E-state index < -0.39 is 22.1 Å². The van der Waals surface area contributed by atoms with Crippen LogP contribution in [0.4, 0.5) is 18.9 Å². The molecule has 11 heteroatoms. The fourth-order valence-electron chi connectivity index (χ4n) is 3.96. The van der Waals surface area contributed by atoms with Gasteiger partial charge in [-0.2, -0.15) is 4.31 Å². The van der Waals surface area contributed by atoms with Gasteiger partial charge < -0.3 is 9.64 Å². The number of para-hydroxylation sites is 1. The first-order valence-electron chi connectivity index (χ1n) is 10.1. The predicted octanol–water partition coefficient (Wildman–Crippen LogP) is 2.48. The van der Waals surface area contributed by atoms with Crippen molar-refractivity contribution < 1.29 is 31.1 Å². The largest absolute Gasteiger partial charge is 0.573 e. The Balaban J connectivity index is 1.33. The molecule has 0 atom stereocenters. The highest BCUT2D eigenvalue weighted by molar-refractivity contribution is 7.89. The summed E-state index contributed by atoms with van der Waals surface area (Å²) in [4.78, 5) is 16.3. The molecule has 0 radical (unpaired) electrons. The van der Waals surface area contributed by atoms with E-state index >= 15 is 0 Å². The highest BCUT2D eigenvalue weighted by Crippen LogP contribution is 2.28. The Kier molecular flexibility index (Phi) is 6.15. The lowest BCUT2D eigenvalue weighted by Gasteiger charge is -2.34. The molecule has 32 heavy (non-hydrogen) atoms. The number of hydrogen-bond acceptors (Lipinski definition) is 5. The molecule has 0 bridgehead atoms. The summed E-state index contributed by atoms with van der Waals surface area (Å²) < 4.78 is 67.6. The highest BCUT2D eigenvalue weighted by Gasteiger charge is 2.33. The Hall–Kier alpha value is -2.63. The predicted molar refractivity (Wildman–Crippen MR) is 111 cm³/mol. The number of fused-ring (bicyclic) bond motifs is 1. The van der Waals surface area contributed by atoms with Gasteiger partial charge in [0.1, 0.15) is 5.75 Å². The number of nitrogens with zero attached hydrogens (tertiary/aromatic N) is 3. The zero-order valence-corrected chi connectivity index (χ0v) is 17.9. The maximum atomic E-state index is 12.8. The Morgan fingerprint density at radius 2 is 1.59 bits per heavy atom. The van der Waals surface area contributed by atoms with Crippen molar-refractivity contribution in [3.63, 3.8) is 0 Å². The number of carbonyl (C=O) groups excluding carboxylic acids is 1. The first-order valence-corrected chi connectivity index (χ1v) is 11.5. The Bertz CT molecular complexity index is 1080. The number of rotatable bonds is 5. The van der Waals surface area contributed by atoms with Crippen LogP contribution in [0.1, 0.15) is 5.56 Å². The van der Waals surface area contributed by atoms with Crippen LogP contribution in [0.25, 0.3) is 0 Å². The van der Waals surface area contributed by atoms with Crippen molar-refractivity contribution in [1.82, 2.24) is 9.21 Å². The van der Waals surface area contributed by atoms with E-state index in [0.29, 0.717) is 19.6 Å². The maximum absolute atomic E-state index is 12.8. The van der Waals surface area contributed by atoms with Gasteiger partial charge in [0, 0.05) is 38.4 Å². The smallest absolute Gasteiger partial charge is 0.406 e. The summed E-state index contributed by atoms with van der Waals surface area (Å²) in [5, 5.41) is 0. The number of piperazine rings is 1. The molecular formula is C21H22F3N3O4S. The fourth-order valence-corrected chi connectivity index (χ4v) is 5.39. The highest BCUT2D eigenvalue weighted by atomic mass is 32.2. The van der Waals surface area contributed by atoms with Crippen molar-refractivity contribution >= 4 is 21.6 Å². The van der Waals surface area contributed by atoms with Gasteiger partial charge in [-0.25, -0.2) is 8.42 Å². The summed E-state index contributed by atoms with van der Waals surface area (Å²) in [5.74, 6) is -0.505. The van der Waals surface area contributed by atoms with Gasteiger partial charge in [-0.05, 0) is 42.3 Å². The van der Waals surface area contributed by atoms with Crippen LogP contribution in [0.2, 0.25) is 0 Å². The first-order chi connectivity index (χ1) is 15.1. The SMILES string of the molecule is O=C(CN1CCN(S(=O)(=O)c2ccc(OC(F)(F)F)cc2)CC1)N1CCc2ccccc21. The zero-order chi connectivity index (χ0) is 22.9. The summed E-state index contributed by atoms with van der Waals surface area (Å²) in [7, 11) is -3.86. The number of carbonyl (C=O) groups is 1. The van der Waals surface area contributed by atoms with Gasteiger partial charge >= 0.3 is 6.36 Å². The molecular weight excluding hydrogens is 447 g/mol. The molecule has 2 aliphatic rings. The Morgan fingerprint density at radius 1 is 0.938 bits per heavy atom. The van der Waals surface area contributed by atoms with Gasteiger partial charge in [0.25, 0.3) is 0 Å². The second-order valence-electron chi connectivity index (χ2n) is 7.62. The number of halogens is 3. The second-order valence-corrected chi connectivity index (χ2v) is 9.56. The van der Waals surface area contributed by atoms with Crippen molar-refractivity contribution in [2.45, 2.75) is 17.7 Å². The average molecular weight is 469 g/mol. The normalized spacial score (nSPS) is 17.9. The minimum atomic E-state index is -4.84. The van der Waals surface area contributed by atoms with E-state index in [4.69, 9.17) is 0 Å². The minimum Gasteiger partial charge on any atom is -0.406 e. The molecule has 1 saturated heterocycles. The van der Waals surface area contributed by atoms with Crippen LogP contribution in [-0.4, -0.2) is 69.2 Å². The zero-order valence-electron chi connectivity index (χ0n) is 17.1. The van der Waals surface area contributed by atoms with Crippen molar-refractivity contribution in [3.05, 3.63) is 54.1 Å². The standard InChI is InChI=1S/C21H22F3N3O4S/c22-21(23,24)31-17-5-7-18(8-6-17)32(29,30)26-13-11-25(12-14-26)15-20(28)27-10-9-16-3-1-2-4-19(16)27/h1-8H,9-15H2. The van der Waals surface area contributed by atoms with Crippen molar-refractivity contribution in [2.24, 2.45) is 0 Å². The third kappa shape index (κ3) is 4.89. The van der Waals surface area contributed by atoms with Gasteiger partial charge in [-0.15, -0.1) is 13.2 Å². The van der Waals surface area contributed by atoms with Crippen LogP contribution in [-0.2, 0) is 21.2 Å². The lowest BCUT2D eigenvalue weighted by molar-refractivity contribution is -0.274. The lowest BCUT2D eigenvalue weighted by atomic mass is 10.2. The number of alkyl halides is 3. The van der Waals surface area contributed by atoms with E-state index in [1.165, 1.54) is 4.31 Å². The van der Waals surface area contributed by atoms with Gasteiger partial charge in [-0.3, -0.25) is 9.69 Å². The van der Waals surface area contributed by atoms with Crippen molar-refractivity contribution in [3.8, 4) is 5.75 Å². The van der Waals surface area contributed by atoms with Crippen molar-refractivity contribution in [1.29, 1.82) is 0 Å². The number of amides is 1. The van der Waals surface area contributed by atoms with E-state index in [1.807, 2.05) is 29.2 Å². The monoisotopic (exact) mass is 469 g/mol. The summed E-state index contributed by atoms with van der Waals surface area (Å²) in [6.45, 7) is 1.98. The minimum absolute atomic E-state index is 0.0217. The fraction of sp³-hybridized carbons (Fsp3) is 0.381. The second kappa shape index (κ2) is 8.72. The molecule has 1 amide bonds. The number of ether oxygens (including phenoxy) is 1. The summed E-state index contributed by atoms with van der Waals surface area (Å²) in [6.07, 6.45) is -4.02. The number of hydrogen-bond donors (Lipinski definition) is 0. The van der Waals surface area contributed by atoms with Crippen molar-refractivity contribution in [2.75, 3.05) is 44.2 Å². The topological polar surface area (TPSA) is 70.2 Å². The maximum Gasteiger partial charge on any atom is 0.573 e. The molecule has 2 aromatic carbocycles. The van der Waals surface area contributed by atoms with Gasteiger partial charge in [0.2, 0.25) is 15.9 Å². The molecule has 2 aromatic rings. The molecule has 172 valence electrons. The molecule has 0 N–H and O–H groups in total. The third-order valence-electron chi connectivity index (χ3n) is 5.57. The molecule has 0 aromatic heterocycles. The van der Waals surface area contributed by atoms with E-state index in [-0.39, 0.29) is 30.4 Å². The molecule has 1 fully saturated rings. The number of anilines is 1. The van der Waals surface area contributed by atoms with Crippen LogP contribution < -0.4 is 9.64 Å². The molecule has 7 nitrogen and oxygen atoms in total. The average Bonchev–Trinajstić information content (AvgIpc) is 3.18. The molecule has 0 aliphatic carbocycles. The van der Waals surface area contributed by atoms with Crippen LogP contribution in [0.15, 0.2) is 53.4 Å². The van der Waals surface area contributed by atoms with Crippen LogP contribution >= 0.6 is 0 Å². The quantitative estimate of drug-likeness (QED) is 0.673. The van der Waals surface area contributed by atoms with Crippen LogP contribution in [0.5, 0.6) is 5.75 Å². The van der Waals surface area contributed by atoms with Gasteiger partial charge in [0.05, 0.1) is 11.4 Å². The molecule has 2 heterocycles. The molecule has 2 aliphatic heterocycles. The molecule has 0 saturated carbocycles. The summed E-state index contributed by atoms with van der Waals surface area (Å²) >= 11 is 0. The lowest BCUT2D eigenvalue weighted by Crippen LogP contribution is -2.51. The van der Waals surface area contributed by atoms with E-state index in [1.54, 1.807) is 4.90 Å². The summed E-state index contributed by atoms with van der Waals surface area (Å²) in [6, 6.07) is 11.9. The van der Waals surface area contributed by atoms with Gasteiger partial charge in [-0.1, -0.05) is 18.2 Å². The van der Waals surface area contributed by atoms with E-state index in [0.717, 1.165) is 41.9 Å². The third-order valence-corrected chi connectivity index (χ3v) is 7.49. The van der Waals surface area contributed by atoms with Gasteiger partial charge in [0.15, 0.2) is 0 Å². The Morgan fingerprint density at radius 3 is 2.25 bits per heavy atom. The number of benzene rings is 2. The molecule has 0 spiro atoms. The van der Waals surface area contributed by atoms with E-state index in [9.17, 15) is 26.4 Å². The van der Waals surface area contributed by atoms with E-state index in [2.05, 4.69) is 4.74 Å². The van der Waals surface area contributed by atoms with Crippen LogP contribution in [0.3, 0.4) is 0 Å². The molecule has 0 unspecified atom stereocenters.